The van der Waals surface area contributed by atoms with Crippen LogP contribution in [-0.2, 0) is 19.1 Å². The molecule has 148 valence electrons. The van der Waals surface area contributed by atoms with E-state index in [2.05, 4.69) is 6.92 Å². The highest BCUT2D eigenvalue weighted by molar-refractivity contribution is 5.93. The van der Waals surface area contributed by atoms with Gasteiger partial charge in [0.15, 0.2) is 11.6 Å². The Morgan fingerprint density at radius 2 is 1.85 bits per heavy atom. The summed E-state index contributed by atoms with van der Waals surface area (Å²) in [5, 5.41) is 20.6. The van der Waals surface area contributed by atoms with Crippen molar-refractivity contribution in [2.75, 3.05) is 6.61 Å². The van der Waals surface area contributed by atoms with E-state index in [1.807, 2.05) is 6.92 Å². The smallest absolute Gasteiger partial charge is 0.190 e. The topological polar surface area (TPSA) is 104 Å². The van der Waals surface area contributed by atoms with Crippen molar-refractivity contribution in [1.29, 1.82) is 0 Å². The fraction of sp³-hybridized carbons (Fsp3) is 0.857. The molecule has 2 unspecified atom stereocenters. The summed E-state index contributed by atoms with van der Waals surface area (Å²) < 4.78 is 5.98. The van der Waals surface area contributed by atoms with Crippen LogP contribution in [-0.4, -0.2) is 51.5 Å². The van der Waals surface area contributed by atoms with Gasteiger partial charge in [0.25, 0.3) is 0 Å². The summed E-state index contributed by atoms with van der Waals surface area (Å²) >= 11 is 0. The quantitative estimate of drug-likeness (QED) is 0.702. The predicted molar refractivity (Wildman–Crippen MR) is 93.7 cm³/mol. The standard InChI is InChI=1S/C21H28O6/c1-18-6-5-13(23)17-21(18,27-17)8-3-11-12-4-7-20(26,15(25)10-22)19(12,2)9-14(24)16(11)18/h11-12,16-17,22,26H,3-10H2,1-2H3/t11-,12-,16+,17?,18+,19-,20-,21?/m0/s1. The van der Waals surface area contributed by atoms with Crippen LogP contribution in [0.2, 0.25) is 0 Å². The number of ether oxygens (including phenoxy) is 1. The third-order valence-corrected chi connectivity index (χ3v) is 9.40. The molecule has 4 aliphatic carbocycles. The Hall–Kier alpha value is -1.11. The van der Waals surface area contributed by atoms with Crippen LogP contribution in [0.15, 0.2) is 0 Å². The van der Waals surface area contributed by atoms with Crippen molar-refractivity contribution in [3.05, 3.63) is 0 Å². The number of aliphatic hydroxyl groups excluding tert-OH is 1. The van der Waals surface area contributed by atoms with Crippen LogP contribution in [0.4, 0.5) is 0 Å². The molecule has 0 aromatic carbocycles. The Labute approximate surface area is 158 Å². The monoisotopic (exact) mass is 376 g/mol. The molecule has 4 saturated carbocycles. The summed E-state index contributed by atoms with van der Waals surface area (Å²) in [7, 11) is 0. The van der Waals surface area contributed by atoms with Gasteiger partial charge in [-0.25, -0.2) is 0 Å². The minimum Gasteiger partial charge on any atom is -0.388 e. The molecule has 27 heavy (non-hydrogen) atoms. The number of fused-ring (bicyclic) bond motifs is 4. The third kappa shape index (κ3) is 1.81. The lowest BCUT2D eigenvalue weighted by Gasteiger charge is -2.58. The second kappa shape index (κ2) is 5.08. The maximum Gasteiger partial charge on any atom is 0.190 e. The van der Waals surface area contributed by atoms with Gasteiger partial charge in [-0.3, -0.25) is 14.4 Å². The predicted octanol–water partition coefficient (Wildman–Crippen LogP) is 1.20. The minimum atomic E-state index is -1.62. The lowest BCUT2D eigenvalue weighted by molar-refractivity contribution is -0.178. The molecule has 0 amide bonds. The Morgan fingerprint density at radius 3 is 2.56 bits per heavy atom. The van der Waals surface area contributed by atoms with Crippen LogP contribution >= 0.6 is 0 Å². The molecule has 0 aromatic heterocycles. The minimum absolute atomic E-state index is 0.0738. The zero-order valence-electron chi connectivity index (χ0n) is 16.0. The van der Waals surface area contributed by atoms with Gasteiger partial charge in [0, 0.05) is 29.6 Å². The highest BCUT2D eigenvalue weighted by atomic mass is 16.6. The van der Waals surface area contributed by atoms with Crippen molar-refractivity contribution in [2.45, 2.75) is 76.1 Å². The maximum absolute atomic E-state index is 13.5. The molecule has 0 radical (unpaired) electrons. The average molecular weight is 376 g/mol. The number of carbonyl (C=O) groups is 3. The first-order valence-electron chi connectivity index (χ1n) is 10.2. The lowest BCUT2D eigenvalue weighted by atomic mass is 9.43. The van der Waals surface area contributed by atoms with Crippen molar-refractivity contribution in [1.82, 2.24) is 0 Å². The molecule has 6 nitrogen and oxygen atoms in total. The largest absolute Gasteiger partial charge is 0.388 e. The molecule has 5 fully saturated rings. The van der Waals surface area contributed by atoms with Gasteiger partial charge in [-0.2, -0.15) is 0 Å². The summed E-state index contributed by atoms with van der Waals surface area (Å²) in [6, 6.07) is 0. The lowest BCUT2D eigenvalue weighted by Crippen LogP contribution is -2.64. The van der Waals surface area contributed by atoms with E-state index in [1.165, 1.54) is 0 Å². The zero-order valence-corrected chi connectivity index (χ0v) is 16.0. The molecule has 6 heteroatoms. The van der Waals surface area contributed by atoms with Gasteiger partial charge < -0.3 is 14.9 Å². The first-order chi connectivity index (χ1) is 12.6. The van der Waals surface area contributed by atoms with E-state index in [0.717, 1.165) is 12.8 Å². The summed E-state index contributed by atoms with van der Waals surface area (Å²) in [4.78, 5) is 38.0. The maximum atomic E-state index is 13.5. The summed E-state index contributed by atoms with van der Waals surface area (Å²) in [6.07, 6.45) is 3.53. The molecule has 0 aromatic rings. The van der Waals surface area contributed by atoms with Gasteiger partial charge in [-0.1, -0.05) is 13.8 Å². The van der Waals surface area contributed by atoms with Gasteiger partial charge in [0.2, 0.25) is 0 Å². The molecule has 8 atom stereocenters. The number of rotatable bonds is 2. The van der Waals surface area contributed by atoms with E-state index >= 15 is 0 Å². The van der Waals surface area contributed by atoms with Crippen molar-refractivity contribution in [3.63, 3.8) is 0 Å². The molecule has 1 saturated heterocycles. The molecular weight excluding hydrogens is 348 g/mol. The third-order valence-electron chi connectivity index (χ3n) is 9.40. The van der Waals surface area contributed by atoms with E-state index in [9.17, 15) is 24.6 Å². The fourth-order valence-corrected chi connectivity index (χ4v) is 7.90. The van der Waals surface area contributed by atoms with Gasteiger partial charge >= 0.3 is 0 Å². The van der Waals surface area contributed by atoms with E-state index < -0.39 is 29.0 Å². The van der Waals surface area contributed by atoms with Crippen LogP contribution in [0.5, 0.6) is 0 Å². The van der Waals surface area contributed by atoms with Crippen LogP contribution < -0.4 is 0 Å². The van der Waals surface area contributed by atoms with E-state index in [1.54, 1.807) is 0 Å². The van der Waals surface area contributed by atoms with Gasteiger partial charge in [0.05, 0.1) is 0 Å². The van der Waals surface area contributed by atoms with Crippen LogP contribution in [0.1, 0.15) is 58.8 Å². The van der Waals surface area contributed by atoms with Crippen molar-refractivity contribution >= 4 is 17.3 Å². The number of hydrogen-bond acceptors (Lipinski definition) is 6. The van der Waals surface area contributed by atoms with Gasteiger partial charge in [0.1, 0.15) is 29.7 Å². The molecule has 1 aliphatic heterocycles. The van der Waals surface area contributed by atoms with Crippen molar-refractivity contribution in [3.8, 4) is 0 Å². The molecule has 5 rings (SSSR count). The van der Waals surface area contributed by atoms with Crippen LogP contribution in [0, 0.1) is 28.6 Å². The molecule has 1 spiro atoms. The van der Waals surface area contributed by atoms with Gasteiger partial charge in [-0.15, -0.1) is 0 Å². The Balaban J connectivity index is 1.54. The highest BCUT2D eigenvalue weighted by Gasteiger charge is 2.78. The number of carbonyl (C=O) groups excluding carboxylic acids is 3. The normalized spacial score (nSPS) is 56.0. The number of epoxide rings is 1. The number of Topliss-reactive ketones (excluding diaryl/α,β-unsaturated/α-hetero) is 3. The number of hydrogen-bond donors (Lipinski definition) is 2. The molecule has 0 bridgehead atoms. The number of aliphatic hydroxyl groups is 2. The molecule has 1 heterocycles. The summed E-state index contributed by atoms with van der Waals surface area (Å²) in [6.45, 7) is 3.29. The van der Waals surface area contributed by atoms with Crippen LogP contribution in [0.25, 0.3) is 0 Å². The first kappa shape index (κ1) is 18.0. The second-order valence-electron chi connectivity index (χ2n) is 10.1. The van der Waals surface area contributed by atoms with E-state index in [0.29, 0.717) is 25.7 Å². The number of ketones is 3. The second-order valence-corrected chi connectivity index (χ2v) is 10.1. The SMILES string of the molecule is C[C@]12CC(=O)[C@H]3[C@@H](CCC45OC4C(=O)CC[C@]35C)[C@@H]1CC[C@]2(O)C(=O)CO. The van der Waals surface area contributed by atoms with Crippen molar-refractivity contribution in [2.24, 2.45) is 28.6 Å². The highest BCUT2D eigenvalue weighted by Crippen LogP contribution is 2.72. The van der Waals surface area contributed by atoms with E-state index in [4.69, 9.17) is 4.74 Å². The molecular formula is C21H28O6. The summed E-state index contributed by atoms with van der Waals surface area (Å²) in [5.41, 5.74) is -3.25. The first-order valence-corrected chi connectivity index (χ1v) is 10.2. The molecule has 2 N–H and O–H groups in total. The van der Waals surface area contributed by atoms with Crippen LogP contribution in [0.3, 0.4) is 0 Å². The Kier molecular flexibility index (Phi) is 3.38. The van der Waals surface area contributed by atoms with E-state index in [-0.39, 0.29) is 47.3 Å². The van der Waals surface area contributed by atoms with Crippen molar-refractivity contribution < 1.29 is 29.3 Å². The zero-order chi connectivity index (χ0) is 19.4. The summed E-state index contributed by atoms with van der Waals surface area (Å²) in [5.74, 6) is -0.298. The van der Waals surface area contributed by atoms with Gasteiger partial charge in [-0.05, 0) is 43.9 Å². The molecule has 5 aliphatic rings. The average Bonchev–Trinajstić information content (AvgIpc) is 3.31. The Bertz CT molecular complexity index is 762. The fourth-order valence-electron chi connectivity index (χ4n) is 7.90. The Morgan fingerprint density at radius 1 is 1.11 bits per heavy atom.